The van der Waals surface area contributed by atoms with E-state index in [9.17, 15) is 9.18 Å². The highest BCUT2D eigenvalue weighted by molar-refractivity contribution is 5.78. The fourth-order valence-electron chi connectivity index (χ4n) is 3.18. The fourth-order valence-corrected chi connectivity index (χ4v) is 3.18. The molecule has 0 amide bonds. The van der Waals surface area contributed by atoms with Gasteiger partial charge in [-0.1, -0.05) is 6.07 Å². The molecule has 0 spiro atoms. The van der Waals surface area contributed by atoms with Crippen LogP contribution in [0.2, 0.25) is 0 Å². The van der Waals surface area contributed by atoms with Crippen LogP contribution in [-0.2, 0) is 13.1 Å². The molecule has 1 aliphatic rings. The van der Waals surface area contributed by atoms with Crippen LogP contribution in [0.5, 0.6) is 0 Å². The maximum atomic E-state index is 13.9. The van der Waals surface area contributed by atoms with E-state index in [4.69, 9.17) is 0 Å². The molecule has 24 heavy (non-hydrogen) atoms. The van der Waals surface area contributed by atoms with Crippen molar-refractivity contribution >= 4 is 10.9 Å². The van der Waals surface area contributed by atoms with Crippen molar-refractivity contribution in [3.05, 3.63) is 64.7 Å². The first kappa shape index (κ1) is 15.1. The molecule has 0 saturated heterocycles. The predicted octanol–water partition coefficient (Wildman–Crippen LogP) is 2.43. The second-order valence-corrected chi connectivity index (χ2v) is 6.66. The summed E-state index contributed by atoms with van der Waals surface area (Å²) < 4.78 is 16.0. The molecule has 1 saturated carbocycles. The van der Waals surface area contributed by atoms with Gasteiger partial charge in [-0.25, -0.2) is 9.37 Å². The molecule has 0 aliphatic heterocycles. The maximum Gasteiger partial charge on any atom is 0.189 e. The number of aromatic amines is 1. The Morgan fingerprint density at radius 2 is 2.25 bits per heavy atom. The van der Waals surface area contributed by atoms with Crippen LogP contribution in [0.3, 0.4) is 0 Å². The molecule has 4 rings (SSSR count). The summed E-state index contributed by atoms with van der Waals surface area (Å²) in [5, 5.41) is 3.79. The molecule has 3 aromatic rings. The number of fused-ring (bicyclic) bond motifs is 1. The van der Waals surface area contributed by atoms with Crippen LogP contribution < -0.4 is 10.7 Å². The van der Waals surface area contributed by atoms with E-state index in [2.05, 4.69) is 19.9 Å². The average molecular weight is 326 g/mol. The Morgan fingerprint density at radius 1 is 1.38 bits per heavy atom. The van der Waals surface area contributed by atoms with Crippen LogP contribution in [0.15, 0.2) is 47.8 Å². The number of hydrogen-bond acceptors (Lipinski definition) is 3. The van der Waals surface area contributed by atoms with Crippen molar-refractivity contribution in [3.63, 3.8) is 0 Å². The molecule has 0 atom stereocenters. The minimum atomic E-state index is -0.398. The third-order valence-electron chi connectivity index (χ3n) is 4.72. The van der Waals surface area contributed by atoms with Gasteiger partial charge in [0.25, 0.3) is 0 Å². The molecule has 2 heterocycles. The summed E-state index contributed by atoms with van der Waals surface area (Å²) in [4.78, 5) is 19.2. The zero-order valence-corrected chi connectivity index (χ0v) is 13.3. The largest absolute Gasteiger partial charge is 0.355 e. The molecule has 1 aliphatic carbocycles. The van der Waals surface area contributed by atoms with Crippen molar-refractivity contribution < 1.29 is 4.39 Å². The zero-order valence-electron chi connectivity index (χ0n) is 13.3. The van der Waals surface area contributed by atoms with Crippen molar-refractivity contribution in [2.24, 2.45) is 5.41 Å². The number of hydrogen-bond donors (Lipinski definition) is 2. The number of para-hydroxylation sites is 1. The molecule has 0 radical (unpaired) electrons. The topological polar surface area (TPSA) is 62.7 Å². The van der Waals surface area contributed by atoms with Gasteiger partial charge in [0.1, 0.15) is 5.82 Å². The van der Waals surface area contributed by atoms with Gasteiger partial charge in [-0.15, -0.1) is 0 Å². The number of H-pyrrole nitrogens is 1. The van der Waals surface area contributed by atoms with Crippen molar-refractivity contribution in [2.45, 2.75) is 25.9 Å². The Labute approximate surface area is 138 Å². The molecule has 0 unspecified atom stereocenters. The summed E-state index contributed by atoms with van der Waals surface area (Å²) in [5.41, 5.74) is 1.10. The van der Waals surface area contributed by atoms with Crippen LogP contribution in [0.1, 0.15) is 18.5 Å². The quantitative estimate of drug-likeness (QED) is 0.731. The summed E-state index contributed by atoms with van der Waals surface area (Å²) in [6.07, 6.45) is 7.97. The lowest BCUT2D eigenvalue weighted by atomic mass is 10.1. The van der Waals surface area contributed by atoms with Gasteiger partial charge in [0.2, 0.25) is 0 Å². The summed E-state index contributed by atoms with van der Waals surface area (Å²) in [7, 11) is 0. The first-order valence-electron chi connectivity index (χ1n) is 8.12. The summed E-state index contributed by atoms with van der Waals surface area (Å²) >= 11 is 0. The highest BCUT2D eigenvalue weighted by Crippen LogP contribution is 2.46. The van der Waals surface area contributed by atoms with Gasteiger partial charge in [0.05, 0.1) is 11.8 Å². The number of nitrogens with one attached hydrogen (secondary N) is 2. The van der Waals surface area contributed by atoms with Gasteiger partial charge in [0, 0.05) is 54.6 Å². The molecule has 1 fully saturated rings. The maximum absolute atomic E-state index is 13.9. The van der Waals surface area contributed by atoms with Gasteiger partial charge in [-0.3, -0.25) is 4.79 Å². The molecule has 124 valence electrons. The minimum absolute atomic E-state index is 0.153. The van der Waals surface area contributed by atoms with E-state index in [1.807, 2.05) is 12.5 Å². The smallest absolute Gasteiger partial charge is 0.189 e. The predicted molar refractivity (Wildman–Crippen MR) is 90.1 cm³/mol. The van der Waals surface area contributed by atoms with Crippen LogP contribution in [-0.4, -0.2) is 21.1 Å². The van der Waals surface area contributed by atoms with Gasteiger partial charge in [-0.2, -0.15) is 0 Å². The van der Waals surface area contributed by atoms with Gasteiger partial charge in [-0.05, 0) is 25.0 Å². The van der Waals surface area contributed by atoms with Crippen LogP contribution in [0, 0.1) is 11.2 Å². The summed E-state index contributed by atoms with van der Waals surface area (Å²) in [5.74, 6) is -0.398. The number of rotatable bonds is 6. The number of aromatic nitrogens is 3. The molecule has 0 bridgehead atoms. The van der Waals surface area contributed by atoms with Crippen LogP contribution in [0.4, 0.5) is 4.39 Å². The lowest BCUT2D eigenvalue weighted by molar-refractivity contribution is 0.391. The van der Waals surface area contributed by atoms with E-state index in [-0.39, 0.29) is 16.4 Å². The number of benzene rings is 1. The number of imidazole rings is 1. The molecule has 2 aromatic heterocycles. The Balaban J connectivity index is 1.44. The normalized spacial score (nSPS) is 15.7. The SMILES string of the molecule is O=c1cc(CNCC2(Cn3ccnc3)CC2)[nH]c2c(F)cccc12. The van der Waals surface area contributed by atoms with E-state index in [1.165, 1.54) is 18.9 Å². The van der Waals surface area contributed by atoms with Gasteiger partial charge >= 0.3 is 0 Å². The van der Waals surface area contributed by atoms with E-state index < -0.39 is 5.82 Å². The second kappa shape index (κ2) is 5.87. The third-order valence-corrected chi connectivity index (χ3v) is 4.72. The van der Waals surface area contributed by atoms with E-state index in [0.29, 0.717) is 17.6 Å². The monoisotopic (exact) mass is 326 g/mol. The second-order valence-electron chi connectivity index (χ2n) is 6.66. The lowest BCUT2D eigenvalue weighted by Crippen LogP contribution is -2.27. The van der Waals surface area contributed by atoms with Crippen molar-refractivity contribution in [2.75, 3.05) is 6.54 Å². The van der Waals surface area contributed by atoms with Gasteiger partial charge < -0.3 is 14.9 Å². The van der Waals surface area contributed by atoms with E-state index in [0.717, 1.165) is 13.1 Å². The molecular formula is C18H19FN4O. The molecule has 2 N–H and O–H groups in total. The lowest BCUT2D eigenvalue weighted by Gasteiger charge is -2.16. The first-order valence-corrected chi connectivity index (χ1v) is 8.12. The standard InChI is InChI=1S/C18H19FN4O/c19-15-3-1-2-14-16(24)8-13(22-17(14)15)9-21-10-18(4-5-18)11-23-7-6-20-12-23/h1-3,6-8,12,21H,4-5,9-11H2,(H,22,24). The number of nitrogens with zero attached hydrogens (tertiary/aromatic N) is 2. The molecule has 5 nitrogen and oxygen atoms in total. The van der Waals surface area contributed by atoms with Crippen molar-refractivity contribution in [3.8, 4) is 0 Å². The van der Waals surface area contributed by atoms with Crippen LogP contribution >= 0.6 is 0 Å². The van der Waals surface area contributed by atoms with Crippen molar-refractivity contribution in [1.82, 2.24) is 19.9 Å². The summed E-state index contributed by atoms with van der Waals surface area (Å²) in [6, 6.07) is 6.10. The Hall–Kier alpha value is -2.47. The number of pyridine rings is 1. The Bertz CT molecular complexity index is 912. The molecule has 1 aromatic carbocycles. The highest BCUT2D eigenvalue weighted by atomic mass is 19.1. The van der Waals surface area contributed by atoms with Crippen LogP contribution in [0.25, 0.3) is 10.9 Å². The molecule has 6 heteroatoms. The zero-order chi connectivity index (χ0) is 16.6. The molecular weight excluding hydrogens is 307 g/mol. The summed E-state index contributed by atoms with van der Waals surface area (Å²) in [6.45, 7) is 2.33. The number of halogens is 1. The Kier molecular flexibility index (Phi) is 3.69. The third kappa shape index (κ3) is 2.97. The first-order chi connectivity index (χ1) is 11.7. The van der Waals surface area contributed by atoms with E-state index in [1.54, 1.807) is 24.4 Å². The average Bonchev–Trinajstić information content (AvgIpc) is 3.12. The highest BCUT2D eigenvalue weighted by Gasteiger charge is 2.42. The fraction of sp³-hybridized carbons (Fsp3) is 0.333. The Morgan fingerprint density at radius 3 is 3.00 bits per heavy atom. The van der Waals surface area contributed by atoms with Crippen molar-refractivity contribution in [1.29, 1.82) is 0 Å². The minimum Gasteiger partial charge on any atom is -0.355 e. The van der Waals surface area contributed by atoms with E-state index >= 15 is 0 Å². The van der Waals surface area contributed by atoms with Gasteiger partial charge in [0.15, 0.2) is 5.43 Å².